The van der Waals surface area contributed by atoms with Crippen molar-refractivity contribution in [3.8, 4) is 0 Å². The summed E-state index contributed by atoms with van der Waals surface area (Å²) in [6.45, 7) is 4.99. The Labute approximate surface area is 94.9 Å². The Morgan fingerprint density at radius 1 is 1.53 bits per heavy atom. The van der Waals surface area contributed by atoms with Crippen molar-refractivity contribution in [3.05, 3.63) is 23.9 Å². The number of nitrogens with one attached hydrogen (secondary N) is 1. The number of aryl methyl sites for hydroxylation is 1. The van der Waals surface area contributed by atoms with Gasteiger partial charge in [0.05, 0.1) is 0 Å². The van der Waals surface area contributed by atoms with Gasteiger partial charge in [-0.15, -0.1) is 0 Å². The summed E-state index contributed by atoms with van der Waals surface area (Å²) in [5.41, 5.74) is 6.30. The van der Waals surface area contributed by atoms with E-state index in [2.05, 4.69) is 22.5 Å². The highest BCUT2D eigenvalue weighted by Gasteiger charge is 1.96. The summed E-state index contributed by atoms with van der Waals surface area (Å²) in [4.78, 5) is 13.5. The lowest BCUT2D eigenvalue weighted by molar-refractivity contribution is -0.114. The molecule has 0 radical (unpaired) electrons. The Bertz CT molecular complexity index is 348. The lowest BCUT2D eigenvalue weighted by atomic mass is 10.3. The molecule has 5 heteroatoms. The molecule has 0 atom stereocenters. The second-order valence-electron chi connectivity index (χ2n) is 3.07. The fourth-order valence-electron chi connectivity index (χ4n) is 0.733. The number of aromatic nitrogens is 1. The van der Waals surface area contributed by atoms with Crippen molar-refractivity contribution in [1.82, 2.24) is 4.98 Å². The summed E-state index contributed by atoms with van der Waals surface area (Å²) in [5.74, 6) is 0.889. The van der Waals surface area contributed by atoms with Crippen LogP contribution in [-0.4, -0.2) is 15.9 Å². The summed E-state index contributed by atoms with van der Waals surface area (Å²) in [5, 5.41) is 3.01. The Kier molecular flexibility index (Phi) is 6.21. The number of hydrogen-bond donors (Lipinski definition) is 2. The maximum atomic E-state index is 9.44. The molecular weight excluding hydrogens is 210 g/mol. The van der Waals surface area contributed by atoms with Crippen LogP contribution in [-0.2, 0) is 4.79 Å². The first-order valence-electron chi connectivity index (χ1n) is 4.38. The van der Waals surface area contributed by atoms with Crippen LogP contribution in [0.4, 0.5) is 5.82 Å². The topological polar surface area (TPSA) is 68.0 Å². The summed E-state index contributed by atoms with van der Waals surface area (Å²) in [6.07, 6.45) is 1.69. The first-order chi connectivity index (χ1) is 6.93. The van der Waals surface area contributed by atoms with Gasteiger partial charge in [-0.2, -0.15) is 0 Å². The van der Waals surface area contributed by atoms with Crippen molar-refractivity contribution in [2.75, 3.05) is 5.32 Å². The highest BCUT2D eigenvalue weighted by Crippen LogP contribution is 2.07. The smallest absolute Gasteiger partial charge is 0.169 e. The molecule has 4 nitrogen and oxygen atoms in total. The fraction of sp³-hybridized carbons (Fsp3) is 0.300. The monoisotopic (exact) mass is 225 g/mol. The van der Waals surface area contributed by atoms with Crippen molar-refractivity contribution >= 4 is 28.9 Å². The van der Waals surface area contributed by atoms with Gasteiger partial charge in [-0.1, -0.05) is 6.07 Å². The van der Waals surface area contributed by atoms with Gasteiger partial charge in [0.1, 0.15) is 11.6 Å². The molecule has 15 heavy (non-hydrogen) atoms. The van der Waals surface area contributed by atoms with Crippen LogP contribution in [0.3, 0.4) is 0 Å². The van der Waals surface area contributed by atoms with Crippen LogP contribution in [0.15, 0.2) is 18.3 Å². The number of rotatable bonds is 1. The molecule has 0 saturated heterocycles. The first kappa shape index (κ1) is 13.5. The molecule has 0 fully saturated rings. The van der Waals surface area contributed by atoms with Crippen LogP contribution in [0.5, 0.6) is 0 Å². The van der Waals surface area contributed by atoms with E-state index in [0.29, 0.717) is 0 Å². The lowest BCUT2D eigenvalue weighted by Gasteiger charge is -2.04. The molecule has 0 unspecified atom stereocenters. The maximum Gasteiger partial charge on any atom is 0.169 e. The number of carbonyl (C=O) groups excluding carboxylic acids is 1. The van der Waals surface area contributed by atoms with E-state index in [1.165, 1.54) is 13.8 Å². The van der Waals surface area contributed by atoms with Crippen LogP contribution in [0.1, 0.15) is 19.4 Å². The number of carbonyl (C=O) groups is 1. The van der Waals surface area contributed by atoms with Gasteiger partial charge in [0.25, 0.3) is 0 Å². The van der Waals surface area contributed by atoms with E-state index in [1.54, 1.807) is 6.20 Å². The van der Waals surface area contributed by atoms with Crippen LogP contribution in [0.25, 0.3) is 0 Å². The Morgan fingerprint density at radius 2 is 2.07 bits per heavy atom. The van der Waals surface area contributed by atoms with Gasteiger partial charge in [-0.25, -0.2) is 4.98 Å². The standard InChI is InChI=1S/C7H9N3S.C3H6O/c1-5-3-2-4-9-6(5)10-7(8)11;1-3(2)4/h2-4H,1H3,(H3,8,9,10,11);1-2H3. The molecule has 0 aromatic carbocycles. The SMILES string of the molecule is CC(C)=O.Cc1cccnc1NC(N)=S. The van der Waals surface area contributed by atoms with Gasteiger partial charge in [0, 0.05) is 6.20 Å². The van der Waals surface area contributed by atoms with Crippen LogP contribution < -0.4 is 11.1 Å². The summed E-state index contributed by atoms with van der Waals surface area (Å²) >= 11 is 4.66. The zero-order valence-electron chi connectivity index (χ0n) is 9.07. The zero-order chi connectivity index (χ0) is 11.8. The van der Waals surface area contributed by atoms with Crippen molar-refractivity contribution in [2.24, 2.45) is 5.73 Å². The molecule has 0 aliphatic heterocycles. The molecule has 0 aliphatic carbocycles. The molecule has 0 amide bonds. The normalized spacial score (nSPS) is 8.47. The van der Waals surface area contributed by atoms with E-state index >= 15 is 0 Å². The van der Waals surface area contributed by atoms with Gasteiger partial charge in [-0.3, -0.25) is 0 Å². The van der Waals surface area contributed by atoms with E-state index in [4.69, 9.17) is 5.73 Å². The molecule has 0 aliphatic rings. The molecule has 1 rings (SSSR count). The van der Waals surface area contributed by atoms with E-state index in [0.717, 1.165) is 11.4 Å². The van der Waals surface area contributed by atoms with Crippen molar-refractivity contribution in [2.45, 2.75) is 20.8 Å². The number of thiocarbonyl (C=S) groups is 1. The number of nitrogens with zero attached hydrogens (tertiary/aromatic N) is 1. The summed E-state index contributed by atoms with van der Waals surface area (Å²) in [6, 6.07) is 3.80. The molecule has 0 bridgehead atoms. The number of Topliss-reactive ketones (excluding diaryl/α,β-unsaturated/α-hetero) is 1. The van der Waals surface area contributed by atoms with E-state index in [1.807, 2.05) is 19.1 Å². The van der Waals surface area contributed by atoms with Gasteiger partial charge >= 0.3 is 0 Å². The molecule has 3 N–H and O–H groups in total. The second-order valence-corrected chi connectivity index (χ2v) is 3.51. The molecule has 1 aromatic heterocycles. The third kappa shape index (κ3) is 7.57. The quantitative estimate of drug-likeness (QED) is 0.711. The number of pyridine rings is 1. The third-order valence-electron chi connectivity index (χ3n) is 1.25. The molecule has 0 spiro atoms. The Balaban J connectivity index is 0.000000423. The Morgan fingerprint density at radius 3 is 2.47 bits per heavy atom. The average molecular weight is 225 g/mol. The molecule has 82 valence electrons. The molecular formula is C10H15N3OS. The minimum Gasteiger partial charge on any atom is -0.376 e. The number of ketones is 1. The average Bonchev–Trinajstić information content (AvgIpc) is 2.07. The number of hydrogen-bond acceptors (Lipinski definition) is 3. The summed E-state index contributed by atoms with van der Waals surface area (Å²) < 4.78 is 0. The third-order valence-corrected chi connectivity index (χ3v) is 1.35. The minimum atomic E-state index is 0.167. The van der Waals surface area contributed by atoms with E-state index < -0.39 is 0 Å². The number of nitrogens with two attached hydrogens (primary N) is 1. The summed E-state index contributed by atoms with van der Waals surface area (Å²) in [7, 11) is 0. The molecule has 1 aromatic rings. The predicted octanol–water partition coefficient (Wildman–Crippen LogP) is 1.64. The minimum absolute atomic E-state index is 0.167. The van der Waals surface area contributed by atoms with E-state index in [-0.39, 0.29) is 10.9 Å². The van der Waals surface area contributed by atoms with E-state index in [9.17, 15) is 4.79 Å². The number of anilines is 1. The highest BCUT2D eigenvalue weighted by molar-refractivity contribution is 7.80. The van der Waals surface area contributed by atoms with Crippen LogP contribution in [0.2, 0.25) is 0 Å². The van der Waals surface area contributed by atoms with Gasteiger partial charge < -0.3 is 15.8 Å². The van der Waals surface area contributed by atoms with Gasteiger partial charge in [0.2, 0.25) is 0 Å². The van der Waals surface area contributed by atoms with Gasteiger partial charge in [0.15, 0.2) is 5.11 Å². The first-order valence-corrected chi connectivity index (χ1v) is 4.79. The van der Waals surface area contributed by atoms with Crippen molar-refractivity contribution < 1.29 is 4.79 Å². The van der Waals surface area contributed by atoms with Gasteiger partial charge in [-0.05, 0) is 44.6 Å². The molecule has 0 saturated carbocycles. The Hall–Kier alpha value is -1.49. The van der Waals surface area contributed by atoms with Crippen molar-refractivity contribution in [1.29, 1.82) is 0 Å². The molecule has 1 heterocycles. The highest BCUT2D eigenvalue weighted by atomic mass is 32.1. The second kappa shape index (κ2) is 6.89. The maximum absolute atomic E-state index is 9.44. The van der Waals surface area contributed by atoms with Crippen LogP contribution in [0, 0.1) is 6.92 Å². The van der Waals surface area contributed by atoms with Crippen LogP contribution >= 0.6 is 12.2 Å². The lowest BCUT2D eigenvalue weighted by Crippen LogP contribution is -2.20. The largest absolute Gasteiger partial charge is 0.376 e. The van der Waals surface area contributed by atoms with Crippen molar-refractivity contribution in [3.63, 3.8) is 0 Å². The fourth-order valence-corrected chi connectivity index (χ4v) is 0.830. The zero-order valence-corrected chi connectivity index (χ0v) is 9.89. The predicted molar refractivity (Wildman–Crippen MR) is 65.7 cm³/mol.